The van der Waals surface area contributed by atoms with Crippen molar-refractivity contribution >= 4 is 23.5 Å². The van der Waals surface area contributed by atoms with Gasteiger partial charge in [0.05, 0.1) is 17.2 Å². The van der Waals surface area contributed by atoms with Gasteiger partial charge in [-0.25, -0.2) is 4.79 Å². The molecule has 0 fully saturated rings. The third-order valence-electron chi connectivity index (χ3n) is 4.18. The lowest BCUT2D eigenvalue weighted by molar-refractivity contribution is -0.131. The van der Waals surface area contributed by atoms with E-state index in [1.54, 1.807) is 66.7 Å². The first-order valence-electron chi connectivity index (χ1n) is 9.30. The van der Waals surface area contributed by atoms with E-state index in [9.17, 15) is 14.4 Å². The molecule has 0 bridgehead atoms. The van der Waals surface area contributed by atoms with Crippen molar-refractivity contribution in [3.05, 3.63) is 83.9 Å². The van der Waals surface area contributed by atoms with Crippen LogP contribution in [-0.4, -0.2) is 24.5 Å². The molecule has 7 nitrogen and oxygen atoms in total. The highest BCUT2D eigenvalue weighted by atomic mass is 16.5. The predicted octanol–water partition coefficient (Wildman–Crippen LogP) is 3.95. The minimum atomic E-state index is -0.627. The number of hydrogen-bond acceptors (Lipinski definition) is 6. The van der Waals surface area contributed by atoms with E-state index in [0.29, 0.717) is 22.6 Å². The van der Waals surface area contributed by atoms with Gasteiger partial charge in [-0.05, 0) is 53.6 Å². The minimum Gasteiger partial charge on any atom is -0.452 e. The Hall–Kier alpha value is -4.44. The molecule has 31 heavy (non-hydrogen) atoms. The number of benzene rings is 3. The van der Waals surface area contributed by atoms with E-state index >= 15 is 0 Å². The summed E-state index contributed by atoms with van der Waals surface area (Å²) in [5, 5.41) is 11.5. The third kappa shape index (κ3) is 6.02. The summed E-state index contributed by atoms with van der Waals surface area (Å²) in [4.78, 5) is 35.2. The van der Waals surface area contributed by atoms with Crippen LogP contribution in [0.15, 0.2) is 72.8 Å². The van der Waals surface area contributed by atoms with E-state index in [4.69, 9.17) is 14.7 Å². The first-order valence-corrected chi connectivity index (χ1v) is 9.30. The highest BCUT2D eigenvalue weighted by Crippen LogP contribution is 2.23. The highest BCUT2D eigenvalue weighted by molar-refractivity contribution is 5.95. The first-order chi connectivity index (χ1) is 14.9. The van der Waals surface area contributed by atoms with E-state index in [-0.39, 0.29) is 5.97 Å². The Bertz CT molecular complexity index is 1150. The molecule has 1 N–H and O–H groups in total. The molecule has 0 radical (unpaired) electrons. The van der Waals surface area contributed by atoms with Gasteiger partial charge in [0.2, 0.25) is 0 Å². The van der Waals surface area contributed by atoms with Crippen LogP contribution in [0.4, 0.5) is 5.69 Å². The molecule has 0 atom stereocenters. The van der Waals surface area contributed by atoms with Crippen LogP contribution in [0, 0.1) is 11.3 Å². The van der Waals surface area contributed by atoms with Crippen LogP contribution in [0.1, 0.15) is 22.8 Å². The van der Waals surface area contributed by atoms with Gasteiger partial charge >= 0.3 is 11.9 Å². The van der Waals surface area contributed by atoms with Gasteiger partial charge in [-0.2, -0.15) is 5.26 Å². The number of rotatable bonds is 6. The summed E-state index contributed by atoms with van der Waals surface area (Å²) in [6, 6.07) is 22.1. The smallest absolute Gasteiger partial charge is 0.338 e. The second kappa shape index (κ2) is 9.85. The topological polar surface area (TPSA) is 105 Å². The summed E-state index contributed by atoms with van der Waals surface area (Å²) in [6.07, 6.45) is 0. The summed E-state index contributed by atoms with van der Waals surface area (Å²) < 4.78 is 10.1. The van der Waals surface area contributed by atoms with E-state index in [1.807, 2.05) is 6.07 Å². The lowest BCUT2D eigenvalue weighted by Crippen LogP contribution is -2.20. The normalized spacial score (nSPS) is 9.94. The first kappa shape index (κ1) is 21.3. The van der Waals surface area contributed by atoms with Crippen LogP contribution in [-0.2, 0) is 14.3 Å². The minimum absolute atomic E-state index is 0.305. The molecule has 0 spiro atoms. The molecule has 0 aromatic heterocycles. The van der Waals surface area contributed by atoms with Crippen molar-refractivity contribution in [1.29, 1.82) is 5.26 Å². The standard InChI is InChI=1S/C24H18N2O5/c1-16(27)31-22-11-9-19(10-12-22)18-5-7-20(8-6-18)24(29)30-15-23(28)26-21-4-2-3-17(13-21)14-25/h2-13H,15H2,1H3,(H,26,28). The Morgan fingerprint density at radius 2 is 1.58 bits per heavy atom. The molecule has 3 aromatic carbocycles. The van der Waals surface area contributed by atoms with Crippen molar-refractivity contribution in [2.24, 2.45) is 0 Å². The molecule has 3 aromatic rings. The molecule has 0 heterocycles. The lowest BCUT2D eigenvalue weighted by Gasteiger charge is -2.08. The van der Waals surface area contributed by atoms with Gasteiger partial charge in [0.15, 0.2) is 6.61 Å². The van der Waals surface area contributed by atoms with Crippen LogP contribution >= 0.6 is 0 Å². The monoisotopic (exact) mass is 414 g/mol. The van der Waals surface area contributed by atoms with Gasteiger partial charge in [-0.15, -0.1) is 0 Å². The fourth-order valence-corrected chi connectivity index (χ4v) is 2.76. The zero-order valence-electron chi connectivity index (χ0n) is 16.6. The number of esters is 2. The van der Waals surface area contributed by atoms with Crippen molar-refractivity contribution in [2.45, 2.75) is 6.92 Å². The number of carbonyl (C=O) groups is 3. The molecular weight excluding hydrogens is 396 g/mol. The molecule has 0 saturated heterocycles. The molecule has 0 aliphatic heterocycles. The average Bonchev–Trinajstić information content (AvgIpc) is 2.78. The Labute approximate surface area is 178 Å². The number of carbonyl (C=O) groups excluding carboxylic acids is 3. The van der Waals surface area contributed by atoms with Crippen molar-refractivity contribution in [1.82, 2.24) is 0 Å². The highest BCUT2D eigenvalue weighted by Gasteiger charge is 2.11. The number of nitrogens with one attached hydrogen (secondary N) is 1. The number of nitriles is 1. The second-order valence-corrected chi connectivity index (χ2v) is 6.51. The molecule has 7 heteroatoms. The van der Waals surface area contributed by atoms with Gasteiger partial charge in [-0.3, -0.25) is 9.59 Å². The SMILES string of the molecule is CC(=O)Oc1ccc(-c2ccc(C(=O)OCC(=O)Nc3cccc(C#N)c3)cc2)cc1. The number of ether oxygens (including phenoxy) is 2. The second-order valence-electron chi connectivity index (χ2n) is 6.51. The Morgan fingerprint density at radius 1 is 0.935 bits per heavy atom. The van der Waals surface area contributed by atoms with E-state index in [1.165, 1.54) is 13.0 Å². The third-order valence-corrected chi connectivity index (χ3v) is 4.18. The van der Waals surface area contributed by atoms with Crippen molar-refractivity contribution in [3.63, 3.8) is 0 Å². The quantitative estimate of drug-likeness (QED) is 0.484. The van der Waals surface area contributed by atoms with Crippen molar-refractivity contribution in [2.75, 3.05) is 11.9 Å². The predicted molar refractivity (Wildman–Crippen MR) is 113 cm³/mol. The fourth-order valence-electron chi connectivity index (χ4n) is 2.76. The number of anilines is 1. The van der Waals surface area contributed by atoms with E-state index in [2.05, 4.69) is 5.32 Å². The van der Waals surface area contributed by atoms with Gasteiger partial charge in [0, 0.05) is 12.6 Å². The summed E-state index contributed by atoms with van der Waals surface area (Å²) in [7, 11) is 0. The Kier molecular flexibility index (Phi) is 6.76. The van der Waals surface area contributed by atoms with Gasteiger partial charge in [0.25, 0.3) is 5.91 Å². The molecule has 1 amide bonds. The number of hydrogen-bond donors (Lipinski definition) is 1. The van der Waals surface area contributed by atoms with Crippen LogP contribution in [0.2, 0.25) is 0 Å². The molecule has 0 aliphatic carbocycles. The van der Waals surface area contributed by atoms with Crippen molar-refractivity contribution < 1.29 is 23.9 Å². The van der Waals surface area contributed by atoms with Crippen molar-refractivity contribution in [3.8, 4) is 22.9 Å². The maximum atomic E-state index is 12.2. The van der Waals surface area contributed by atoms with Gasteiger partial charge < -0.3 is 14.8 Å². The number of nitrogens with zero attached hydrogens (tertiary/aromatic N) is 1. The van der Waals surface area contributed by atoms with Crippen LogP contribution in [0.25, 0.3) is 11.1 Å². The van der Waals surface area contributed by atoms with E-state index in [0.717, 1.165) is 11.1 Å². The zero-order chi connectivity index (χ0) is 22.2. The summed E-state index contributed by atoms with van der Waals surface area (Å²) in [5.74, 6) is -1.07. The van der Waals surface area contributed by atoms with Crippen LogP contribution < -0.4 is 10.1 Å². The molecule has 3 rings (SSSR count). The molecule has 154 valence electrons. The van der Waals surface area contributed by atoms with Crippen LogP contribution in [0.5, 0.6) is 5.75 Å². The lowest BCUT2D eigenvalue weighted by atomic mass is 10.0. The molecular formula is C24H18N2O5. The fraction of sp³-hybridized carbons (Fsp3) is 0.0833. The summed E-state index contributed by atoms with van der Waals surface area (Å²) >= 11 is 0. The van der Waals surface area contributed by atoms with Gasteiger partial charge in [0.1, 0.15) is 5.75 Å². The summed E-state index contributed by atoms with van der Waals surface area (Å²) in [5.41, 5.74) is 2.91. The maximum absolute atomic E-state index is 12.2. The largest absolute Gasteiger partial charge is 0.452 e. The molecule has 0 unspecified atom stereocenters. The van der Waals surface area contributed by atoms with Crippen LogP contribution in [0.3, 0.4) is 0 Å². The Morgan fingerprint density at radius 3 is 2.19 bits per heavy atom. The summed E-state index contributed by atoms with van der Waals surface area (Å²) in [6.45, 7) is 0.885. The van der Waals surface area contributed by atoms with E-state index < -0.39 is 18.5 Å². The molecule has 0 saturated carbocycles. The average molecular weight is 414 g/mol. The molecule has 0 aliphatic rings. The Balaban J connectivity index is 1.55. The van der Waals surface area contributed by atoms with Gasteiger partial charge in [-0.1, -0.05) is 30.3 Å². The zero-order valence-corrected chi connectivity index (χ0v) is 16.6. The maximum Gasteiger partial charge on any atom is 0.338 e. The number of amides is 1.